The fourth-order valence-corrected chi connectivity index (χ4v) is 3.70. The van der Waals surface area contributed by atoms with Crippen LogP contribution in [0.1, 0.15) is 48.5 Å². The quantitative estimate of drug-likeness (QED) is 0.799. The van der Waals surface area contributed by atoms with Gasteiger partial charge < -0.3 is 10.2 Å². The summed E-state index contributed by atoms with van der Waals surface area (Å²) in [7, 11) is 0. The van der Waals surface area contributed by atoms with E-state index in [-0.39, 0.29) is 30.1 Å². The minimum Gasteiger partial charge on any atom is -0.326 e. The minimum atomic E-state index is -0.625. The van der Waals surface area contributed by atoms with E-state index < -0.39 is 11.9 Å². The van der Waals surface area contributed by atoms with Gasteiger partial charge in [0.05, 0.1) is 0 Å². The topological polar surface area (TPSA) is 95.6 Å². The van der Waals surface area contributed by atoms with Crippen LogP contribution >= 0.6 is 0 Å². The molecular formula is C19H21N3O4. The SMILES string of the molecule is CC(C(=O)Nc1ccc2c(c1)C(=O)N(C1CCC(=O)NC1=O)C2)C1CC1. The molecule has 4 rings (SSSR count). The van der Waals surface area contributed by atoms with E-state index in [0.29, 0.717) is 30.1 Å². The lowest BCUT2D eigenvalue weighted by molar-refractivity contribution is -0.137. The number of piperidine rings is 1. The Balaban J connectivity index is 1.49. The minimum absolute atomic E-state index is 0.0278. The van der Waals surface area contributed by atoms with Crippen LogP contribution in [0, 0.1) is 11.8 Å². The number of nitrogens with one attached hydrogen (secondary N) is 2. The fraction of sp³-hybridized carbons (Fsp3) is 0.474. The number of hydrogen-bond acceptors (Lipinski definition) is 4. The molecule has 2 aliphatic heterocycles. The number of hydrogen-bond donors (Lipinski definition) is 2. The summed E-state index contributed by atoms with van der Waals surface area (Å²) < 4.78 is 0. The van der Waals surface area contributed by atoms with Crippen LogP contribution in [0.4, 0.5) is 5.69 Å². The highest BCUT2D eigenvalue weighted by Crippen LogP contribution is 2.37. The number of carbonyl (C=O) groups excluding carboxylic acids is 4. The van der Waals surface area contributed by atoms with E-state index in [1.807, 2.05) is 13.0 Å². The van der Waals surface area contributed by atoms with Gasteiger partial charge in [-0.25, -0.2) is 0 Å². The second kappa shape index (κ2) is 6.23. The van der Waals surface area contributed by atoms with Gasteiger partial charge in [0.15, 0.2) is 0 Å². The number of benzene rings is 1. The van der Waals surface area contributed by atoms with E-state index in [1.165, 1.54) is 4.90 Å². The molecule has 2 unspecified atom stereocenters. The van der Waals surface area contributed by atoms with Gasteiger partial charge in [-0.1, -0.05) is 13.0 Å². The highest BCUT2D eigenvalue weighted by Gasteiger charge is 2.39. The summed E-state index contributed by atoms with van der Waals surface area (Å²) in [4.78, 5) is 49.9. The molecule has 3 aliphatic rings. The predicted molar refractivity (Wildman–Crippen MR) is 93.0 cm³/mol. The van der Waals surface area contributed by atoms with E-state index in [4.69, 9.17) is 0 Å². The van der Waals surface area contributed by atoms with Crippen LogP contribution < -0.4 is 10.6 Å². The first-order valence-corrected chi connectivity index (χ1v) is 9.02. The Morgan fingerprint density at radius 3 is 2.69 bits per heavy atom. The summed E-state index contributed by atoms with van der Waals surface area (Å²) in [6.07, 6.45) is 2.76. The molecule has 7 nitrogen and oxygen atoms in total. The van der Waals surface area contributed by atoms with Gasteiger partial charge in [0, 0.05) is 30.1 Å². The van der Waals surface area contributed by atoms with Crippen molar-refractivity contribution in [3.63, 3.8) is 0 Å². The van der Waals surface area contributed by atoms with E-state index in [9.17, 15) is 19.2 Å². The first-order chi connectivity index (χ1) is 12.4. The van der Waals surface area contributed by atoms with Crippen LogP contribution in [-0.4, -0.2) is 34.6 Å². The smallest absolute Gasteiger partial charge is 0.255 e. The number of rotatable bonds is 4. The molecule has 2 fully saturated rings. The van der Waals surface area contributed by atoms with Gasteiger partial charge in [-0.3, -0.25) is 24.5 Å². The molecule has 4 amide bonds. The Labute approximate surface area is 151 Å². The number of anilines is 1. The molecule has 0 spiro atoms. The van der Waals surface area contributed by atoms with Crippen molar-refractivity contribution >= 4 is 29.3 Å². The first-order valence-electron chi connectivity index (χ1n) is 9.02. The van der Waals surface area contributed by atoms with Gasteiger partial charge in [0.25, 0.3) is 5.91 Å². The molecular weight excluding hydrogens is 334 g/mol. The Morgan fingerprint density at radius 1 is 1.23 bits per heavy atom. The third-order valence-electron chi connectivity index (χ3n) is 5.54. The van der Waals surface area contributed by atoms with E-state index >= 15 is 0 Å². The number of carbonyl (C=O) groups is 4. The van der Waals surface area contributed by atoms with E-state index in [2.05, 4.69) is 10.6 Å². The summed E-state index contributed by atoms with van der Waals surface area (Å²) >= 11 is 0. The first kappa shape index (κ1) is 16.8. The van der Waals surface area contributed by atoms with Crippen LogP contribution in [0.5, 0.6) is 0 Å². The molecule has 0 bridgehead atoms. The van der Waals surface area contributed by atoms with Gasteiger partial charge in [-0.15, -0.1) is 0 Å². The van der Waals surface area contributed by atoms with Crippen LogP contribution in [-0.2, 0) is 20.9 Å². The molecule has 7 heteroatoms. The van der Waals surface area contributed by atoms with Crippen LogP contribution in [0.25, 0.3) is 0 Å². The Kier molecular flexibility index (Phi) is 4.01. The lowest BCUT2D eigenvalue weighted by Crippen LogP contribution is -2.52. The monoisotopic (exact) mass is 355 g/mol. The lowest BCUT2D eigenvalue weighted by Gasteiger charge is -2.29. The predicted octanol–water partition coefficient (Wildman–Crippen LogP) is 1.43. The standard InChI is InChI=1S/C19H21N3O4/c1-10(11-2-3-11)17(24)20-13-5-4-12-9-22(19(26)14(12)8-13)15-6-7-16(23)21-18(15)25/h4-5,8,10-11,15H,2-3,6-7,9H2,1H3,(H,20,24)(H,21,23,25). The molecule has 1 aliphatic carbocycles. The maximum atomic E-state index is 12.8. The number of amides is 4. The average Bonchev–Trinajstić information content (AvgIpc) is 3.40. The molecule has 26 heavy (non-hydrogen) atoms. The summed E-state index contributed by atoms with van der Waals surface area (Å²) in [5.74, 6) is -0.548. The third-order valence-corrected chi connectivity index (χ3v) is 5.54. The zero-order chi connectivity index (χ0) is 18.4. The summed E-state index contributed by atoms with van der Waals surface area (Å²) in [5.41, 5.74) is 1.93. The maximum Gasteiger partial charge on any atom is 0.255 e. The van der Waals surface area contributed by atoms with E-state index in [0.717, 1.165) is 18.4 Å². The molecule has 2 atom stereocenters. The van der Waals surface area contributed by atoms with Gasteiger partial charge >= 0.3 is 0 Å². The van der Waals surface area contributed by atoms with Crippen molar-refractivity contribution < 1.29 is 19.2 Å². The third kappa shape index (κ3) is 2.98. The molecule has 0 radical (unpaired) electrons. The largest absolute Gasteiger partial charge is 0.326 e. The molecule has 0 aromatic heterocycles. The zero-order valence-electron chi connectivity index (χ0n) is 14.6. The Morgan fingerprint density at radius 2 is 2.00 bits per heavy atom. The van der Waals surface area contributed by atoms with Crippen LogP contribution in [0.2, 0.25) is 0 Å². The number of nitrogens with zero attached hydrogens (tertiary/aromatic N) is 1. The summed E-state index contributed by atoms with van der Waals surface area (Å²) in [6, 6.07) is 4.66. The van der Waals surface area contributed by atoms with Crippen molar-refractivity contribution in [2.75, 3.05) is 5.32 Å². The van der Waals surface area contributed by atoms with Crippen molar-refractivity contribution in [2.24, 2.45) is 11.8 Å². The maximum absolute atomic E-state index is 12.8. The normalized spacial score (nSPS) is 23.5. The lowest BCUT2D eigenvalue weighted by atomic mass is 10.0. The van der Waals surface area contributed by atoms with Crippen molar-refractivity contribution in [2.45, 2.75) is 45.2 Å². The van der Waals surface area contributed by atoms with Gasteiger partial charge in [0.2, 0.25) is 17.7 Å². The Hall–Kier alpha value is -2.70. The van der Waals surface area contributed by atoms with Crippen molar-refractivity contribution in [1.82, 2.24) is 10.2 Å². The second-order valence-corrected chi connectivity index (χ2v) is 7.39. The van der Waals surface area contributed by atoms with Crippen LogP contribution in [0.3, 0.4) is 0 Å². The average molecular weight is 355 g/mol. The summed E-state index contributed by atoms with van der Waals surface area (Å²) in [6.45, 7) is 2.27. The molecule has 1 saturated carbocycles. The molecule has 2 heterocycles. The number of imide groups is 1. The molecule has 136 valence electrons. The molecule has 1 aromatic rings. The highest BCUT2D eigenvalue weighted by molar-refractivity contribution is 6.06. The Bertz CT molecular complexity index is 815. The highest BCUT2D eigenvalue weighted by atomic mass is 16.2. The van der Waals surface area contributed by atoms with Gasteiger partial charge in [0.1, 0.15) is 6.04 Å². The molecule has 1 saturated heterocycles. The number of fused-ring (bicyclic) bond motifs is 1. The van der Waals surface area contributed by atoms with Crippen molar-refractivity contribution in [3.05, 3.63) is 29.3 Å². The van der Waals surface area contributed by atoms with Gasteiger partial charge in [-0.05, 0) is 42.9 Å². The zero-order valence-corrected chi connectivity index (χ0v) is 14.6. The van der Waals surface area contributed by atoms with E-state index in [1.54, 1.807) is 12.1 Å². The van der Waals surface area contributed by atoms with Crippen LogP contribution in [0.15, 0.2) is 18.2 Å². The molecule has 1 aromatic carbocycles. The second-order valence-electron chi connectivity index (χ2n) is 7.39. The summed E-state index contributed by atoms with van der Waals surface area (Å²) in [5, 5.41) is 5.18. The van der Waals surface area contributed by atoms with Gasteiger partial charge in [-0.2, -0.15) is 0 Å². The van der Waals surface area contributed by atoms with Crippen molar-refractivity contribution in [1.29, 1.82) is 0 Å². The van der Waals surface area contributed by atoms with Crippen molar-refractivity contribution in [3.8, 4) is 0 Å². The fourth-order valence-electron chi connectivity index (χ4n) is 3.70. The molecule has 2 N–H and O–H groups in total.